The number of halogens is 1. The molecule has 0 unspecified atom stereocenters. The Kier molecular flexibility index (Phi) is 5.78. The van der Waals surface area contributed by atoms with Gasteiger partial charge in [-0.25, -0.2) is 4.68 Å². The maximum absolute atomic E-state index is 13.6. The summed E-state index contributed by atoms with van der Waals surface area (Å²) in [7, 11) is 0. The fourth-order valence-electron chi connectivity index (χ4n) is 3.53. The van der Waals surface area contributed by atoms with Gasteiger partial charge in [0.2, 0.25) is 0 Å². The third kappa shape index (κ3) is 4.58. The first-order valence-electron chi connectivity index (χ1n) is 10.3. The van der Waals surface area contributed by atoms with Gasteiger partial charge in [0.25, 0.3) is 5.91 Å². The van der Waals surface area contributed by atoms with Crippen molar-refractivity contribution in [2.24, 2.45) is 0 Å². The molecule has 0 fully saturated rings. The number of carbonyl (C=O) groups is 1. The number of hydrogen-bond donors (Lipinski definition) is 0. The molecule has 1 amide bonds. The molecule has 0 aliphatic heterocycles. The van der Waals surface area contributed by atoms with Crippen molar-refractivity contribution in [2.75, 3.05) is 0 Å². The average Bonchev–Trinajstić information content (AvgIpc) is 3.61. The maximum atomic E-state index is 13.6. The van der Waals surface area contributed by atoms with Crippen molar-refractivity contribution < 1.29 is 13.6 Å². The van der Waals surface area contributed by atoms with Crippen LogP contribution in [0, 0.1) is 0 Å². The second-order valence-electron chi connectivity index (χ2n) is 7.38. The third-order valence-corrected chi connectivity index (χ3v) is 5.34. The van der Waals surface area contributed by atoms with Crippen LogP contribution >= 0.6 is 11.6 Å². The summed E-state index contributed by atoms with van der Waals surface area (Å²) in [4.78, 5) is 19.5. The number of rotatable bonds is 7. The average molecular weight is 459 g/mol. The van der Waals surface area contributed by atoms with Crippen LogP contribution in [-0.2, 0) is 13.1 Å². The highest BCUT2D eigenvalue weighted by Crippen LogP contribution is 2.26. The summed E-state index contributed by atoms with van der Waals surface area (Å²) in [6.45, 7) is 0.655. The summed E-state index contributed by atoms with van der Waals surface area (Å²) in [5.41, 5.74) is 2.60. The number of benzene rings is 1. The molecule has 7 nitrogen and oxygen atoms in total. The number of amides is 1. The molecule has 5 rings (SSSR count). The van der Waals surface area contributed by atoms with Crippen LogP contribution in [0.15, 0.2) is 100 Å². The van der Waals surface area contributed by atoms with E-state index >= 15 is 0 Å². The van der Waals surface area contributed by atoms with Crippen molar-refractivity contribution in [3.8, 4) is 17.1 Å². The second kappa shape index (κ2) is 9.18. The molecule has 0 N–H and O–H groups in total. The number of pyridine rings is 1. The summed E-state index contributed by atoms with van der Waals surface area (Å²) in [6, 6.07) is 20.0. The molecule has 4 aromatic heterocycles. The van der Waals surface area contributed by atoms with Crippen LogP contribution in [0.2, 0.25) is 5.02 Å². The molecule has 5 aromatic rings. The Morgan fingerprint density at radius 3 is 2.48 bits per heavy atom. The van der Waals surface area contributed by atoms with E-state index in [1.54, 1.807) is 64.8 Å². The van der Waals surface area contributed by atoms with E-state index < -0.39 is 0 Å². The van der Waals surface area contributed by atoms with E-state index in [1.807, 2.05) is 36.4 Å². The van der Waals surface area contributed by atoms with Gasteiger partial charge in [-0.3, -0.25) is 9.78 Å². The van der Waals surface area contributed by atoms with E-state index in [0.29, 0.717) is 35.3 Å². The highest BCUT2D eigenvalue weighted by atomic mass is 35.5. The lowest BCUT2D eigenvalue weighted by atomic mass is 10.2. The fraction of sp³-hybridized carbons (Fsp3) is 0.0800. The van der Waals surface area contributed by atoms with E-state index in [9.17, 15) is 4.79 Å². The van der Waals surface area contributed by atoms with E-state index in [0.717, 1.165) is 11.3 Å². The predicted octanol–water partition coefficient (Wildman–Crippen LogP) is 5.62. The quantitative estimate of drug-likeness (QED) is 0.316. The molecule has 0 radical (unpaired) electrons. The van der Waals surface area contributed by atoms with E-state index in [-0.39, 0.29) is 11.6 Å². The summed E-state index contributed by atoms with van der Waals surface area (Å²) in [5.74, 6) is 1.03. The van der Waals surface area contributed by atoms with Gasteiger partial charge in [-0.2, -0.15) is 5.10 Å². The first-order chi connectivity index (χ1) is 16.2. The van der Waals surface area contributed by atoms with Gasteiger partial charge >= 0.3 is 0 Å². The van der Waals surface area contributed by atoms with Gasteiger partial charge in [-0.1, -0.05) is 17.7 Å². The number of carbonyl (C=O) groups excluding carboxylic acids is 1. The number of aromatic nitrogens is 3. The van der Waals surface area contributed by atoms with E-state index in [1.165, 1.54) is 0 Å². The van der Waals surface area contributed by atoms with Crippen molar-refractivity contribution >= 4 is 17.5 Å². The highest BCUT2D eigenvalue weighted by Gasteiger charge is 2.24. The van der Waals surface area contributed by atoms with Crippen molar-refractivity contribution in [3.05, 3.63) is 114 Å². The molecule has 0 aliphatic rings. The largest absolute Gasteiger partial charge is 0.467 e. The first-order valence-corrected chi connectivity index (χ1v) is 10.7. The molecule has 164 valence electrons. The Morgan fingerprint density at radius 2 is 1.79 bits per heavy atom. The van der Waals surface area contributed by atoms with Gasteiger partial charge in [-0.15, -0.1) is 0 Å². The molecule has 0 saturated heterocycles. The molecule has 4 heterocycles. The Hall–Kier alpha value is -4.10. The van der Waals surface area contributed by atoms with Crippen molar-refractivity contribution in [1.29, 1.82) is 0 Å². The zero-order chi connectivity index (χ0) is 22.6. The van der Waals surface area contributed by atoms with Crippen molar-refractivity contribution in [3.63, 3.8) is 0 Å². The van der Waals surface area contributed by atoms with Crippen LogP contribution < -0.4 is 0 Å². The summed E-state index contributed by atoms with van der Waals surface area (Å²) in [5, 5.41) is 5.25. The molecule has 0 atom stereocenters. The predicted molar refractivity (Wildman–Crippen MR) is 123 cm³/mol. The van der Waals surface area contributed by atoms with Crippen LogP contribution in [0.3, 0.4) is 0 Å². The lowest BCUT2D eigenvalue weighted by Gasteiger charge is -2.20. The Labute approximate surface area is 194 Å². The minimum atomic E-state index is -0.240. The lowest BCUT2D eigenvalue weighted by molar-refractivity contribution is 0.0711. The fourth-order valence-corrected chi connectivity index (χ4v) is 3.65. The van der Waals surface area contributed by atoms with Crippen LogP contribution in [0.25, 0.3) is 17.1 Å². The summed E-state index contributed by atoms with van der Waals surface area (Å²) in [6.07, 6.45) is 6.61. The van der Waals surface area contributed by atoms with Gasteiger partial charge in [-0.05, 0) is 60.2 Å². The van der Waals surface area contributed by atoms with E-state index in [4.69, 9.17) is 20.4 Å². The molecular weight excluding hydrogens is 440 g/mol. The van der Waals surface area contributed by atoms with Crippen molar-refractivity contribution in [2.45, 2.75) is 13.1 Å². The summed E-state index contributed by atoms with van der Waals surface area (Å²) < 4.78 is 12.8. The van der Waals surface area contributed by atoms with Crippen molar-refractivity contribution in [1.82, 2.24) is 19.7 Å². The molecule has 33 heavy (non-hydrogen) atoms. The normalized spacial score (nSPS) is 10.9. The van der Waals surface area contributed by atoms with Gasteiger partial charge in [0.15, 0.2) is 11.5 Å². The molecule has 0 saturated carbocycles. The van der Waals surface area contributed by atoms with Crippen LogP contribution in [0.1, 0.15) is 21.8 Å². The standard InChI is InChI=1S/C25H19ClN4O3/c26-19-7-9-20(10-8-19)30-23(24-6-3-13-33-24)14-22(28-30)25(31)29(17-21-5-2-12-32-21)16-18-4-1-11-27-15-18/h1-15H,16-17H2. The van der Waals surface area contributed by atoms with Gasteiger partial charge < -0.3 is 13.7 Å². The molecule has 0 aliphatic carbocycles. The topological polar surface area (TPSA) is 77.3 Å². The number of hydrogen-bond acceptors (Lipinski definition) is 5. The van der Waals surface area contributed by atoms with Crippen LogP contribution in [-0.4, -0.2) is 25.6 Å². The second-order valence-corrected chi connectivity index (χ2v) is 7.82. The molecule has 0 bridgehead atoms. The monoisotopic (exact) mass is 458 g/mol. The molecule has 0 spiro atoms. The third-order valence-electron chi connectivity index (χ3n) is 5.08. The molecule has 8 heteroatoms. The van der Waals surface area contributed by atoms with Crippen LogP contribution in [0.4, 0.5) is 0 Å². The highest BCUT2D eigenvalue weighted by molar-refractivity contribution is 6.30. The van der Waals surface area contributed by atoms with E-state index in [2.05, 4.69) is 10.1 Å². The zero-order valence-electron chi connectivity index (χ0n) is 17.5. The Bertz CT molecular complexity index is 1330. The Balaban J connectivity index is 1.53. The minimum absolute atomic E-state index is 0.240. The molecular formula is C25H19ClN4O3. The SMILES string of the molecule is O=C(c1cc(-c2ccco2)n(-c2ccc(Cl)cc2)n1)N(Cc1cccnc1)Cc1ccco1. The first kappa shape index (κ1) is 20.8. The number of nitrogens with zero attached hydrogens (tertiary/aromatic N) is 4. The number of furan rings is 2. The lowest BCUT2D eigenvalue weighted by Crippen LogP contribution is -2.30. The Morgan fingerprint density at radius 1 is 0.970 bits per heavy atom. The maximum Gasteiger partial charge on any atom is 0.275 e. The minimum Gasteiger partial charge on any atom is -0.467 e. The summed E-state index contributed by atoms with van der Waals surface area (Å²) >= 11 is 6.06. The smallest absolute Gasteiger partial charge is 0.275 e. The zero-order valence-corrected chi connectivity index (χ0v) is 18.2. The van der Waals surface area contributed by atoms with Gasteiger partial charge in [0.05, 0.1) is 24.8 Å². The van der Waals surface area contributed by atoms with Gasteiger partial charge in [0, 0.05) is 30.0 Å². The van der Waals surface area contributed by atoms with Crippen LogP contribution in [0.5, 0.6) is 0 Å². The molecule has 1 aromatic carbocycles. The van der Waals surface area contributed by atoms with Gasteiger partial charge in [0.1, 0.15) is 11.5 Å².